The van der Waals surface area contributed by atoms with Crippen LogP contribution in [0.5, 0.6) is 5.75 Å². The number of alkyl halides is 3. The molecule has 58 heavy (non-hydrogen) atoms. The number of para-hydroxylation sites is 1. The van der Waals surface area contributed by atoms with Crippen LogP contribution in [0.1, 0.15) is 79.6 Å². The molecular weight excluding hydrogens is 756 g/mol. The minimum absolute atomic E-state index is 0.197. The number of nitrogens with zero attached hydrogens (tertiary/aromatic N) is 7. The molecule has 0 radical (unpaired) electrons. The number of piperidine rings is 2. The molecule has 1 aliphatic carbocycles. The van der Waals surface area contributed by atoms with E-state index in [1.54, 1.807) is 23.7 Å². The number of aryl methyl sites for hydroxylation is 1. The topological polar surface area (TPSA) is 149 Å². The van der Waals surface area contributed by atoms with Crippen molar-refractivity contribution in [1.29, 1.82) is 0 Å². The van der Waals surface area contributed by atoms with Crippen molar-refractivity contribution in [2.45, 2.75) is 75.7 Å². The molecule has 5 heterocycles. The molecule has 3 aliphatic rings. The zero-order chi connectivity index (χ0) is 40.9. The van der Waals surface area contributed by atoms with E-state index >= 15 is 0 Å². The Hall–Kier alpha value is -5.71. The first-order valence-electron chi connectivity index (χ1n) is 19.7. The normalized spacial score (nSPS) is 20.9. The van der Waals surface area contributed by atoms with Crippen molar-refractivity contribution in [3.63, 3.8) is 0 Å². The van der Waals surface area contributed by atoms with Gasteiger partial charge in [-0.2, -0.15) is 18.3 Å². The summed E-state index contributed by atoms with van der Waals surface area (Å²) in [5, 5.41) is 10.6. The van der Waals surface area contributed by atoms with Crippen molar-refractivity contribution < 1.29 is 32.3 Å². The van der Waals surface area contributed by atoms with Gasteiger partial charge in [0.05, 0.1) is 41.1 Å². The van der Waals surface area contributed by atoms with Gasteiger partial charge in [-0.1, -0.05) is 12.1 Å². The van der Waals surface area contributed by atoms with Crippen LogP contribution in [0, 0.1) is 5.92 Å². The zero-order valence-electron chi connectivity index (χ0n) is 32.6. The number of ether oxygens (including phenoxy) is 1. The summed E-state index contributed by atoms with van der Waals surface area (Å²) in [5.41, 5.74) is 1.69. The van der Waals surface area contributed by atoms with Gasteiger partial charge in [-0.05, 0) is 88.2 Å². The molecule has 0 bridgehead atoms. The first-order valence-corrected chi connectivity index (χ1v) is 19.7. The van der Waals surface area contributed by atoms with Gasteiger partial charge in [0.1, 0.15) is 23.2 Å². The fourth-order valence-corrected chi connectivity index (χ4v) is 9.03. The fraction of sp³-hybridized carbons (Fsp3) is 0.463. The predicted octanol–water partition coefficient (Wildman–Crippen LogP) is 5.67. The summed E-state index contributed by atoms with van der Waals surface area (Å²) < 4.78 is 50.2. The number of nitrogens with one attached hydrogen (secondary N) is 2. The highest BCUT2D eigenvalue weighted by Gasteiger charge is 2.35. The summed E-state index contributed by atoms with van der Waals surface area (Å²) in [6.45, 7) is 2.67. The van der Waals surface area contributed by atoms with Crippen molar-refractivity contribution in [3.05, 3.63) is 76.6 Å². The van der Waals surface area contributed by atoms with Crippen LogP contribution in [0.2, 0.25) is 0 Å². The Bertz CT molecular complexity index is 2440. The molecule has 306 valence electrons. The predicted molar refractivity (Wildman–Crippen MR) is 211 cm³/mol. The highest BCUT2D eigenvalue weighted by molar-refractivity contribution is 6.05. The van der Waals surface area contributed by atoms with E-state index in [1.165, 1.54) is 17.7 Å². The zero-order valence-corrected chi connectivity index (χ0v) is 32.6. The van der Waals surface area contributed by atoms with Gasteiger partial charge in [-0.25, -0.2) is 9.78 Å². The summed E-state index contributed by atoms with van der Waals surface area (Å²) >= 11 is 0. The minimum atomic E-state index is -4.67. The number of carbonyl (C=O) groups excluding carboxylic acids is 3. The molecule has 14 nitrogen and oxygen atoms in total. The van der Waals surface area contributed by atoms with Gasteiger partial charge in [0, 0.05) is 56.8 Å². The van der Waals surface area contributed by atoms with Crippen LogP contribution in [0.4, 0.5) is 24.5 Å². The summed E-state index contributed by atoms with van der Waals surface area (Å²) in [7, 11) is 5.40. The lowest BCUT2D eigenvalue weighted by Crippen LogP contribution is -2.45. The van der Waals surface area contributed by atoms with Crippen LogP contribution in [-0.2, 0) is 22.8 Å². The van der Waals surface area contributed by atoms with Crippen LogP contribution in [-0.4, -0.2) is 86.4 Å². The average Bonchev–Trinajstić information content (AvgIpc) is 3.74. The summed E-state index contributed by atoms with van der Waals surface area (Å²) in [6.07, 6.45) is 3.77. The number of benzene rings is 2. The minimum Gasteiger partial charge on any atom is -0.494 e. The van der Waals surface area contributed by atoms with Crippen LogP contribution in [0.25, 0.3) is 21.9 Å². The summed E-state index contributed by atoms with van der Waals surface area (Å²) in [6, 6.07) is 12.4. The number of hydrogen-bond donors (Lipinski definition) is 2. The number of aromatic nitrogens is 5. The molecule has 3 amide bonds. The number of imidazole rings is 1. The number of imide groups is 1. The molecule has 0 unspecified atom stereocenters. The molecule has 2 aliphatic heterocycles. The number of halogens is 3. The van der Waals surface area contributed by atoms with Gasteiger partial charge in [-0.15, -0.1) is 0 Å². The van der Waals surface area contributed by atoms with Gasteiger partial charge in [0.15, 0.2) is 0 Å². The monoisotopic (exact) mass is 801 g/mol. The Kier molecular flexibility index (Phi) is 10.5. The quantitative estimate of drug-likeness (QED) is 0.180. The van der Waals surface area contributed by atoms with Gasteiger partial charge in [0.2, 0.25) is 11.8 Å². The largest absolute Gasteiger partial charge is 0.494 e. The van der Waals surface area contributed by atoms with Crippen molar-refractivity contribution >= 4 is 51.0 Å². The Labute approximate surface area is 331 Å². The number of amides is 3. The molecule has 1 saturated carbocycles. The van der Waals surface area contributed by atoms with Crippen LogP contribution < -0.4 is 26.0 Å². The highest BCUT2D eigenvalue weighted by Crippen LogP contribution is 2.37. The molecule has 2 saturated heterocycles. The van der Waals surface area contributed by atoms with E-state index < -0.39 is 29.7 Å². The van der Waals surface area contributed by atoms with E-state index in [4.69, 9.17) is 9.84 Å². The maximum atomic E-state index is 13.4. The fourth-order valence-electron chi connectivity index (χ4n) is 9.03. The smallest absolute Gasteiger partial charge is 0.433 e. The number of anilines is 2. The van der Waals surface area contributed by atoms with E-state index in [9.17, 15) is 32.3 Å². The Morgan fingerprint density at radius 2 is 1.74 bits per heavy atom. The van der Waals surface area contributed by atoms with E-state index in [2.05, 4.69) is 32.5 Å². The number of methoxy groups -OCH3 is 1. The first-order chi connectivity index (χ1) is 27.8. The molecule has 1 atom stereocenters. The Morgan fingerprint density at radius 3 is 2.45 bits per heavy atom. The lowest BCUT2D eigenvalue weighted by atomic mass is 9.85. The molecule has 3 fully saturated rings. The summed E-state index contributed by atoms with van der Waals surface area (Å²) in [4.78, 5) is 59.2. The maximum absolute atomic E-state index is 13.4. The first kappa shape index (κ1) is 39.1. The van der Waals surface area contributed by atoms with Gasteiger partial charge < -0.3 is 19.9 Å². The Morgan fingerprint density at radius 1 is 1.00 bits per heavy atom. The van der Waals surface area contributed by atoms with E-state index in [1.807, 2.05) is 29.1 Å². The summed E-state index contributed by atoms with van der Waals surface area (Å²) in [5.74, 6) is -0.655. The second-order valence-electron chi connectivity index (χ2n) is 15.7. The number of pyridine rings is 1. The molecule has 5 aromatic rings. The van der Waals surface area contributed by atoms with Gasteiger partial charge >= 0.3 is 11.9 Å². The van der Waals surface area contributed by atoms with Crippen molar-refractivity contribution in [2.24, 2.45) is 13.0 Å². The van der Waals surface area contributed by atoms with Crippen LogP contribution >= 0.6 is 0 Å². The third-order valence-corrected chi connectivity index (χ3v) is 12.1. The Balaban J connectivity index is 0.866. The second-order valence-corrected chi connectivity index (χ2v) is 15.7. The highest BCUT2D eigenvalue weighted by atomic mass is 19.4. The van der Waals surface area contributed by atoms with Gasteiger partial charge in [-0.3, -0.25) is 33.5 Å². The maximum Gasteiger partial charge on any atom is 0.433 e. The van der Waals surface area contributed by atoms with E-state index in [0.717, 1.165) is 86.9 Å². The molecule has 2 aromatic carbocycles. The van der Waals surface area contributed by atoms with E-state index in [0.29, 0.717) is 40.9 Å². The number of rotatable bonds is 9. The standard InChI is InChI=1S/C41H46F3N9O5/c1-49(26-16-18-51(19-17-26)31-7-5-8-32-37(31)50(2)40(57)53(32)33-14-15-36(54)47-39(33)56)22-24-10-12-27(13-11-24)52-23-25-20-30(34(58-3)21-29(25)48-52)46-38(55)28-6-4-9-35(45-28)41(42,43)44/h4-9,20-21,23-24,26-27,33H,10-19,22H2,1-3H3,(H,46,55)(H,47,54,56)/t24?,27?,33-/m0/s1. The van der Waals surface area contributed by atoms with Crippen molar-refractivity contribution in [1.82, 2.24) is 34.1 Å². The molecule has 8 rings (SSSR count). The molecule has 17 heteroatoms. The number of carbonyl (C=O) groups is 3. The van der Waals surface area contributed by atoms with Crippen LogP contribution in [0.3, 0.4) is 0 Å². The number of hydrogen-bond acceptors (Lipinski definition) is 9. The second kappa shape index (κ2) is 15.6. The molecule has 3 aromatic heterocycles. The lowest BCUT2D eigenvalue weighted by Gasteiger charge is -2.40. The molecular formula is C41H46F3N9O5. The number of fused-ring (bicyclic) bond motifs is 2. The molecule has 2 N–H and O–H groups in total. The van der Waals surface area contributed by atoms with Crippen molar-refractivity contribution in [3.8, 4) is 5.75 Å². The van der Waals surface area contributed by atoms with Crippen molar-refractivity contribution in [2.75, 3.05) is 44.0 Å². The lowest BCUT2D eigenvalue weighted by molar-refractivity contribution is -0.141. The van der Waals surface area contributed by atoms with Crippen LogP contribution in [0.15, 0.2) is 59.5 Å². The van der Waals surface area contributed by atoms with Gasteiger partial charge in [0.25, 0.3) is 5.91 Å². The molecule has 0 spiro atoms. The third-order valence-electron chi connectivity index (χ3n) is 12.1. The van der Waals surface area contributed by atoms with E-state index in [-0.39, 0.29) is 29.8 Å². The average molecular weight is 802 g/mol. The SMILES string of the molecule is COc1cc2nn(C3CCC(CN(C)C4CCN(c5cccc6c5n(C)c(=O)n6[C@H]5CCC(=O)NC5=O)CC4)CC3)cc2cc1NC(=O)c1cccc(C(F)(F)F)n1. The third kappa shape index (κ3) is 7.54.